The number of hydrogen-bond donors (Lipinski definition) is 2. The molecule has 1 rings (SSSR count). The molecule has 3 heteroatoms. The maximum absolute atomic E-state index is 10.5. The first kappa shape index (κ1) is 11.7. The van der Waals surface area contributed by atoms with Gasteiger partial charge in [-0.05, 0) is 18.4 Å². The summed E-state index contributed by atoms with van der Waals surface area (Å²) >= 11 is 0. The average molecular weight is 208 g/mol. The molecule has 0 amide bonds. The number of hydrogen-bond acceptors (Lipinski definition) is 2. The lowest BCUT2D eigenvalue weighted by Crippen LogP contribution is -2.13. The van der Waals surface area contributed by atoms with Gasteiger partial charge in [-0.25, -0.2) is 0 Å². The van der Waals surface area contributed by atoms with Gasteiger partial charge in [-0.1, -0.05) is 36.8 Å². The van der Waals surface area contributed by atoms with Gasteiger partial charge in [0.05, 0.1) is 12.5 Å². The number of rotatable bonds is 4. The Morgan fingerprint density at radius 2 is 2.13 bits per heavy atom. The van der Waals surface area contributed by atoms with Crippen molar-refractivity contribution in [2.24, 2.45) is 5.92 Å². The van der Waals surface area contributed by atoms with Crippen molar-refractivity contribution in [3.8, 4) is 0 Å². The summed E-state index contributed by atoms with van der Waals surface area (Å²) in [5.41, 5.74) is 1.85. The molecule has 0 heterocycles. The second-order valence-corrected chi connectivity index (χ2v) is 3.93. The highest BCUT2D eigenvalue weighted by atomic mass is 16.4. The Morgan fingerprint density at radius 3 is 2.67 bits per heavy atom. The first-order valence-corrected chi connectivity index (χ1v) is 4.97. The average Bonchev–Trinajstić information content (AvgIpc) is 2.15. The molecule has 0 saturated heterocycles. The minimum atomic E-state index is -0.880. The van der Waals surface area contributed by atoms with Crippen LogP contribution in [0.25, 0.3) is 0 Å². The summed E-state index contributed by atoms with van der Waals surface area (Å²) in [5.74, 6) is -1.15. The van der Waals surface area contributed by atoms with Crippen molar-refractivity contribution >= 4 is 5.97 Å². The minimum absolute atomic E-state index is 0.0187. The molecule has 15 heavy (non-hydrogen) atoms. The van der Waals surface area contributed by atoms with Crippen LogP contribution in [-0.4, -0.2) is 16.2 Å². The Kier molecular flexibility index (Phi) is 3.86. The van der Waals surface area contributed by atoms with Crippen LogP contribution in [-0.2, 0) is 4.79 Å². The molecule has 0 aromatic heterocycles. The van der Waals surface area contributed by atoms with Crippen molar-refractivity contribution in [3.05, 3.63) is 35.4 Å². The summed E-state index contributed by atoms with van der Waals surface area (Å²) in [4.78, 5) is 10.5. The first-order valence-electron chi connectivity index (χ1n) is 4.97. The van der Waals surface area contributed by atoms with Crippen LogP contribution in [0.3, 0.4) is 0 Å². The fraction of sp³-hybridized carbons (Fsp3) is 0.417. The van der Waals surface area contributed by atoms with Crippen molar-refractivity contribution in [1.82, 2.24) is 0 Å². The molecule has 3 nitrogen and oxygen atoms in total. The van der Waals surface area contributed by atoms with Crippen LogP contribution in [0.15, 0.2) is 24.3 Å². The molecular formula is C12H16O3. The SMILES string of the molecule is Cc1cccc(C(O)C(C)CC(=O)O)c1. The van der Waals surface area contributed by atoms with Gasteiger partial charge >= 0.3 is 5.97 Å². The molecule has 2 atom stereocenters. The Morgan fingerprint density at radius 1 is 1.47 bits per heavy atom. The predicted octanol–water partition coefficient (Wildman–Crippen LogP) is 2.14. The molecule has 82 valence electrons. The molecular weight excluding hydrogens is 192 g/mol. The zero-order valence-corrected chi connectivity index (χ0v) is 8.97. The van der Waals surface area contributed by atoms with E-state index < -0.39 is 12.1 Å². The van der Waals surface area contributed by atoms with Gasteiger partial charge in [-0.2, -0.15) is 0 Å². The van der Waals surface area contributed by atoms with E-state index in [1.54, 1.807) is 6.92 Å². The highest BCUT2D eigenvalue weighted by Gasteiger charge is 2.18. The Bertz CT molecular complexity index is 346. The van der Waals surface area contributed by atoms with Crippen LogP contribution >= 0.6 is 0 Å². The molecule has 0 spiro atoms. The van der Waals surface area contributed by atoms with Gasteiger partial charge in [0.15, 0.2) is 0 Å². The van der Waals surface area contributed by atoms with Crippen LogP contribution in [0.5, 0.6) is 0 Å². The lowest BCUT2D eigenvalue weighted by molar-refractivity contribution is -0.139. The van der Waals surface area contributed by atoms with Crippen molar-refractivity contribution in [2.75, 3.05) is 0 Å². The zero-order chi connectivity index (χ0) is 11.4. The molecule has 0 fully saturated rings. The van der Waals surface area contributed by atoms with Gasteiger partial charge in [0.2, 0.25) is 0 Å². The van der Waals surface area contributed by atoms with Crippen LogP contribution in [0, 0.1) is 12.8 Å². The van der Waals surface area contributed by atoms with E-state index in [0.717, 1.165) is 11.1 Å². The van der Waals surface area contributed by atoms with E-state index in [-0.39, 0.29) is 12.3 Å². The first-order chi connectivity index (χ1) is 7.00. The number of carbonyl (C=O) groups is 1. The molecule has 0 aliphatic heterocycles. The molecule has 0 bridgehead atoms. The van der Waals surface area contributed by atoms with Crippen LogP contribution < -0.4 is 0 Å². The topological polar surface area (TPSA) is 57.5 Å². The number of aliphatic carboxylic acids is 1. The minimum Gasteiger partial charge on any atom is -0.481 e. The summed E-state index contributed by atoms with van der Waals surface area (Å²) in [6.45, 7) is 3.68. The summed E-state index contributed by atoms with van der Waals surface area (Å²) in [6, 6.07) is 7.50. The summed E-state index contributed by atoms with van der Waals surface area (Å²) < 4.78 is 0. The largest absolute Gasteiger partial charge is 0.481 e. The van der Waals surface area contributed by atoms with E-state index >= 15 is 0 Å². The van der Waals surface area contributed by atoms with Gasteiger partial charge in [0.25, 0.3) is 0 Å². The molecule has 0 aliphatic rings. The molecule has 1 aromatic rings. The smallest absolute Gasteiger partial charge is 0.303 e. The lowest BCUT2D eigenvalue weighted by Gasteiger charge is -2.17. The van der Waals surface area contributed by atoms with Crippen LogP contribution in [0.4, 0.5) is 0 Å². The van der Waals surface area contributed by atoms with Gasteiger partial charge in [0, 0.05) is 0 Å². The lowest BCUT2D eigenvalue weighted by atomic mass is 9.94. The monoisotopic (exact) mass is 208 g/mol. The molecule has 0 saturated carbocycles. The Labute approximate surface area is 89.4 Å². The quantitative estimate of drug-likeness (QED) is 0.797. The molecule has 0 aliphatic carbocycles. The number of aliphatic hydroxyl groups is 1. The second kappa shape index (κ2) is 4.94. The zero-order valence-electron chi connectivity index (χ0n) is 8.97. The maximum Gasteiger partial charge on any atom is 0.303 e. The number of carboxylic acid groups (broad SMARTS) is 1. The third-order valence-corrected chi connectivity index (χ3v) is 2.42. The van der Waals surface area contributed by atoms with Gasteiger partial charge in [-0.3, -0.25) is 4.79 Å². The predicted molar refractivity (Wildman–Crippen MR) is 57.6 cm³/mol. The fourth-order valence-electron chi connectivity index (χ4n) is 1.57. The summed E-state index contributed by atoms with van der Waals surface area (Å²) in [5, 5.41) is 18.5. The van der Waals surface area contributed by atoms with Crippen molar-refractivity contribution < 1.29 is 15.0 Å². The standard InChI is InChI=1S/C12H16O3/c1-8-4-3-5-10(6-8)12(15)9(2)7-11(13)14/h3-6,9,12,15H,7H2,1-2H3,(H,13,14). The van der Waals surface area contributed by atoms with E-state index in [1.165, 1.54) is 0 Å². The van der Waals surface area contributed by atoms with Crippen molar-refractivity contribution in [1.29, 1.82) is 0 Å². The van der Waals surface area contributed by atoms with Crippen molar-refractivity contribution in [2.45, 2.75) is 26.4 Å². The number of aliphatic hydroxyl groups excluding tert-OH is 1. The van der Waals surface area contributed by atoms with Gasteiger partial charge in [0.1, 0.15) is 0 Å². The van der Waals surface area contributed by atoms with Crippen LogP contribution in [0.1, 0.15) is 30.6 Å². The van der Waals surface area contributed by atoms with E-state index in [0.29, 0.717) is 0 Å². The van der Waals surface area contributed by atoms with E-state index in [1.807, 2.05) is 31.2 Å². The fourth-order valence-corrected chi connectivity index (χ4v) is 1.57. The molecule has 2 N–H and O–H groups in total. The van der Waals surface area contributed by atoms with E-state index in [9.17, 15) is 9.90 Å². The van der Waals surface area contributed by atoms with E-state index in [4.69, 9.17) is 5.11 Å². The highest BCUT2D eigenvalue weighted by molar-refractivity contribution is 5.67. The van der Waals surface area contributed by atoms with Crippen molar-refractivity contribution in [3.63, 3.8) is 0 Å². The molecule has 0 radical (unpaired) electrons. The normalized spacial score (nSPS) is 14.6. The summed E-state index contributed by atoms with van der Waals surface area (Å²) in [6.07, 6.45) is -0.726. The third-order valence-electron chi connectivity index (χ3n) is 2.42. The Balaban J connectivity index is 2.75. The Hall–Kier alpha value is -1.35. The third kappa shape index (κ3) is 3.36. The van der Waals surface area contributed by atoms with Crippen LogP contribution in [0.2, 0.25) is 0 Å². The number of carboxylic acids is 1. The number of benzene rings is 1. The second-order valence-electron chi connectivity index (χ2n) is 3.93. The number of aryl methyl sites for hydroxylation is 1. The maximum atomic E-state index is 10.5. The molecule has 2 unspecified atom stereocenters. The van der Waals surface area contributed by atoms with Gasteiger partial charge in [-0.15, -0.1) is 0 Å². The molecule has 1 aromatic carbocycles. The van der Waals surface area contributed by atoms with Gasteiger partial charge < -0.3 is 10.2 Å². The highest BCUT2D eigenvalue weighted by Crippen LogP contribution is 2.24. The summed E-state index contributed by atoms with van der Waals surface area (Å²) in [7, 11) is 0. The van der Waals surface area contributed by atoms with E-state index in [2.05, 4.69) is 0 Å².